The summed E-state index contributed by atoms with van der Waals surface area (Å²) in [6.07, 6.45) is 0.00601. The van der Waals surface area contributed by atoms with E-state index in [1.165, 1.54) is 11.8 Å². The normalized spacial score (nSPS) is 20.4. The third kappa shape index (κ3) is 3.51. The van der Waals surface area contributed by atoms with Crippen LogP contribution < -0.4 is 10.6 Å². The summed E-state index contributed by atoms with van der Waals surface area (Å²) in [5.74, 6) is -1.48. The first-order chi connectivity index (χ1) is 11.5. The molecule has 6 nitrogen and oxygen atoms in total. The molecule has 3 N–H and O–H groups in total. The lowest BCUT2D eigenvalue weighted by Gasteiger charge is -2.25. The van der Waals surface area contributed by atoms with Crippen LogP contribution in [0.25, 0.3) is 10.8 Å². The minimum atomic E-state index is -1.06. The predicted molar refractivity (Wildman–Crippen MR) is 93.0 cm³/mol. The van der Waals surface area contributed by atoms with Gasteiger partial charge >= 0.3 is 5.97 Å². The Bertz CT molecular complexity index is 803. The van der Waals surface area contributed by atoms with Gasteiger partial charge in [-0.05, 0) is 11.5 Å². The van der Waals surface area contributed by atoms with Crippen LogP contribution in [0.3, 0.4) is 0 Å². The van der Waals surface area contributed by atoms with Crippen LogP contribution in [0.2, 0.25) is 0 Å². The minimum absolute atomic E-state index is 0.00601. The summed E-state index contributed by atoms with van der Waals surface area (Å²) < 4.78 is 0. The van der Waals surface area contributed by atoms with Crippen LogP contribution in [-0.4, -0.2) is 39.9 Å². The Kier molecular flexibility index (Phi) is 4.71. The van der Waals surface area contributed by atoms with Crippen molar-refractivity contribution in [1.29, 1.82) is 0 Å². The zero-order valence-electron chi connectivity index (χ0n) is 12.7. The van der Waals surface area contributed by atoms with Gasteiger partial charge in [-0.3, -0.25) is 9.59 Å². The standard InChI is InChI=1S/C17H16N2O4S/c20-15(8-14-16(21)19-13(9-24-14)17(22)23)18-12-7-3-5-10-4-1-2-6-11(10)12/h1-7,13-14H,8-9H2,(H,18,20)(H,19,21)(H,22,23)/t13-,14-/m1/s1. The molecule has 0 radical (unpaired) electrons. The number of carbonyl (C=O) groups excluding carboxylic acids is 2. The van der Waals surface area contributed by atoms with E-state index in [1.807, 2.05) is 42.5 Å². The molecule has 1 saturated heterocycles. The summed E-state index contributed by atoms with van der Waals surface area (Å²) in [5.41, 5.74) is 0.697. The molecule has 124 valence electrons. The average molecular weight is 344 g/mol. The molecule has 2 aromatic rings. The van der Waals surface area contributed by atoms with Crippen molar-refractivity contribution in [2.75, 3.05) is 11.1 Å². The monoisotopic (exact) mass is 344 g/mol. The van der Waals surface area contributed by atoms with Crippen molar-refractivity contribution in [3.63, 3.8) is 0 Å². The Morgan fingerprint density at radius 2 is 1.96 bits per heavy atom. The second kappa shape index (κ2) is 6.92. The number of thioether (sulfide) groups is 1. The van der Waals surface area contributed by atoms with E-state index in [0.717, 1.165) is 10.8 Å². The Balaban J connectivity index is 1.66. The van der Waals surface area contributed by atoms with Gasteiger partial charge in [0.25, 0.3) is 0 Å². The second-order valence-electron chi connectivity index (χ2n) is 5.50. The number of benzene rings is 2. The number of hydrogen-bond acceptors (Lipinski definition) is 4. The number of rotatable bonds is 4. The average Bonchev–Trinajstić information content (AvgIpc) is 2.57. The van der Waals surface area contributed by atoms with Crippen molar-refractivity contribution in [3.05, 3.63) is 42.5 Å². The number of aliphatic carboxylic acids is 1. The van der Waals surface area contributed by atoms with E-state index in [0.29, 0.717) is 5.69 Å². The van der Waals surface area contributed by atoms with Crippen molar-refractivity contribution >= 4 is 46.0 Å². The number of hydrogen-bond donors (Lipinski definition) is 3. The lowest BCUT2D eigenvalue weighted by Crippen LogP contribution is -2.51. The Hall–Kier alpha value is -2.54. The summed E-state index contributed by atoms with van der Waals surface area (Å²) in [6, 6.07) is 12.4. The van der Waals surface area contributed by atoms with E-state index < -0.39 is 23.2 Å². The Morgan fingerprint density at radius 3 is 2.71 bits per heavy atom. The van der Waals surface area contributed by atoms with E-state index in [9.17, 15) is 14.4 Å². The Morgan fingerprint density at radius 1 is 1.21 bits per heavy atom. The van der Waals surface area contributed by atoms with Gasteiger partial charge in [0, 0.05) is 23.2 Å². The third-order valence-corrected chi connectivity index (χ3v) is 5.11. The lowest BCUT2D eigenvalue weighted by atomic mass is 10.1. The molecule has 0 spiro atoms. The molecule has 2 aromatic carbocycles. The summed E-state index contributed by atoms with van der Waals surface area (Å²) in [7, 11) is 0. The van der Waals surface area contributed by atoms with Gasteiger partial charge in [-0.1, -0.05) is 36.4 Å². The fourth-order valence-corrected chi connectivity index (χ4v) is 3.72. The molecule has 0 aromatic heterocycles. The Labute approximate surface area is 142 Å². The second-order valence-corrected chi connectivity index (χ2v) is 6.74. The van der Waals surface area contributed by atoms with Crippen LogP contribution in [0.4, 0.5) is 5.69 Å². The summed E-state index contributed by atoms with van der Waals surface area (Å²) in [4.78, 5) is 35.1. The largest absolute Gasteiger partial charge is 0.480 e. The molecule has 1 heterocycles. The molecule has 1 aliphatic heterocycles. The molecule has 3 rings (SSSR count). The predicted octanol–water partition coefficient (Wildman–Crippen LogP) is 1.85. The lowest BCUT2D eigenvalue weighted by molar-refractivity contribution is -0.141. The van der Waals surface area contributed by atoms with Crippen molar-refractivity contribution in [1.82, 2.24) is 5.32 Å². The molecular weight excluding hydrogens is 328 g/mol. The summed E-state index contributed by atoms with van der Waals surface area (Å²) in [5, 5.41) is 15.6. The maximum atomic E-state index is 12.3. The number of carboxylic acids is 1. The first-order valence-corrected chi connectivity index (χ1v) is 8.52. The van der Waals surface area contributed by atoms with Gasteiger partial charge in [0.2, 0.25) is 11.8 Å². The molecule has 2 amide bonds. The van der Waals surface area contributed by atoms with Gasteiger partial charge in [-0.25, -0.2) is 4.79 Å². The maximum absolute atomic E-state index is 12.3. The molecule has 7 heteroatoms. The number of anilines is 1. The van der Waals surface area contributed by atoms with Gasteiger partial charge in [0.15, 0.2) is 0 Å². The van der Waals surface area contributed by atoms with Gasteiger partial charge in [0.05, 0.1) is 5.25 Å². The fourth-order valence-electron chi connectivity index (χ4n) is 2.58. The van der Waals surface area contributed by atoms with Crippen molar-refractivity contribution < 1.29 is 19.5 Å². The van der Waals surface area contributed by atoms with Gasteiger partial charge < -0.3 is 15.7 Å². The highest BCUT2D eigenvalue weighted by Crippen LogP contribution is 2.25. The first kappa shape index (κ1) is 16.3. The zero-order chi connectivity index (χ0) is 17.1. The SMILES string of the molecule is O=C(C[C@H]1SC[C@H](C(=O)O)NC1=O)Nc1cccc2ccccc12. The van der Waals surface area contributed by atoms with E-state index in [4.69, 9.17) is 5.11 Å². The van der Waals surface area contributed by atoms with Crippen LogP contribution in [0.1, 0.15) is 6.42 Å². The number of fused-ring (bicyclic) bond motifs is 1. The molecular formula is C17H16N2O4S. The molecule has 1 aliphatic rings. The topological polar surface area (TPSA) is 95.5 Å². The van der Waals surface area contributed by atoms with Crippen molar-refractivity contribution in [3.8, 4) is 0 Å². The number of carbonyl (C=O) groups is 3. The van der Waals surface area contributed by atoms with E-state index >= 15 is 0 Å². The van der Waals surface area contributed by atoms with E-state index in [1.54, 1.807) is 0 Å². The van der Waals surface area contributed by atoms with Crippen molar-refractivity contribution in [2.45, 2.75) is 17.7 Å². The van der Waals surface area contributed by atoms with Crippen LogP contribution in [0.5, 0.6) is 0 Å². The smallest absolute Gasteiger partial charge is 0.327 e. The molecule has 0 bridgehead atoms. The number of nitrogens with one attached hydrogen (secondary N) is 2. The highest BCUT2D eigenvalue weighted by molar-refractivity contribution is 8.00. The van der Waals surface area contributed by atoms with Crippen LogP contribution in [0.15, 0.2) is 42.5 Å². The summed E-state index contributed by atoms with van der Waals surface area (Å²) >= 11 is 1.20. The summed E-state index contributed by atoms with van der Waals surface area (Å²) in [6.45, 7) is 0. The maximum Gasteiger partial charge on any atom is 0.327 e. The third-order valence-electron chi connectivity index (χ3n) is 3.81. The van der Waals surface area contributed by atoms with Gasteiger partial charge in [-0.2, -0.15) is 0 Å². The quantitative estimate of drug-likeness (QED) is 0.787. The van der Waals surface area contributed by atoms with Crippen LogP contribution >= 0.6 is 11.8 Å². The minimum Gasteiger partial charge on any atom is -0.480 e. The van der Waals surface area contributed by atoms with Gasteiger partial charge in [0.1, 0.15) is 6.04 Å². The van der Waals surface area contributed by atoms with Gasteiger partial charge in [-0.15, -0.1) is 11.8 Å². The van der Waals surface area contributed by atoms with Crippen molar-refractivity contribution in [2.24, 2.45) is 0 Å². The molecule has 2 atom stereocenters. The van der Waals surface area contributed by atoms with Crippen LogP contribution in [0, 0.1) is 0 Å². The fraction of sp³-hybridized carbons (Fsp3) is 0.235. The molecule has 0 saturated carbocycles. The zero-order valence-corrected chi connectivity index (χ0v) is 13.5. The number of carboxylic acid groups (broad SMARTS) is 1. The molecule has 0 aliphatic carbocycles. The molecule has 0 unspecified atom stereocenters. The molecule has 24 heavy (non-hydrogen) atoms. The first-order valence-electron chi connectivity index (χ1n) is 7.47. The van der Waals surface area contributed by atoms with E-state index in [2.05, 4.69) is 10.6 Å². The number of amides is 2. The highest BCUT2D eigenvalue weighted by Gasteiger charge is 2.33. The molecule has 1 fully saturated rings. The highest BCUT2D eigenvalue weighted by atomic mass is 32.2. The van der Waals surface area contributed by atoms with Crippen LogP contribution in [-0.2, 0) is 14.4 Å². The van der Waals surface area contributed by atoms with E-state index in [-0.39, 0.29) is 18.1 Å².